The Labute approximate surface area is 183 Å². The van der Waals surface area contributed by atoms with Crippen molar-refractivity contribution in [2.75, 3.05) is 11.6 Å². The van der Waals surface area contributed by atoms with Crippen LogP contribution in [-0.4, -0.2) is 28.1 Å². The van der Waals surface area contributed by atoms with Crippen molar-refractivity contribution in [1.29, 1.82) is 0 Å². The van der Waals surface area contributed by atoms with Gasteiger partial charge in [-0.25, -0.2) is 27.0 Å². The molecule has 0 spiro atoms. The molecule has 0 aliphatic rings. The lowest BCUT2D eigenvalue weighted by Gasteiger charge is -2.07. The van der Waals surface area contributed by atoms with Crippen molar-refractivity contribution in [2.24, 2.45) is 5.14 Å². The predicted molar refractivity (Wildman–Crippen MR) is 124 cm³/mol. The molecule has 0 aliphatic heterocycles. The Balaban J connectivity index is 0.000000735. The largest absolute Gasteiger partial charge is 0.332 e. The molecule has 3 N–H and O–H groups in total. The Kier molecular flexibility index (Phi) is 8.54. The second kappa shape index (κ2) is 10.7. The van der Waals surface area contributed by atoms with E-state index in [9.17, 15) is 8.42 Å². The van der Waals surface area contributed by atoms with Gasteiger partial charge in [0.25, 0.3) is 0 Å². The van der Waals surface area contributed by atoms with Gasteiger partial charge in [0.2, 0.25) is 0 Å². The molecular weight excluding hydrogens is 442 g/mol. The molecule has 10 heteroatoms. The maximum Gasteiger partial charge on any atom is 0.198 e. The maximum atomic E-state index is 11.5. The van der Waals surface area contributed by atoms with Crippen LogP contribution in [-0.2, 0) is 33.6 Å². The SMILES string of the molecule is CCc1ccc(-c2csc(Nc3ccc(S(C)(=O)=O)cc3)n2)cc1CC.N[SH](=O)=O. The van der Waals surface area contributed by atoms with Crippen LogP contribution in [0.4, 0.5) is 10.8 Å². The van der Waals surface area contributed by atoms with Crippen molar-refractivity contribution in [3.63, 3.8) is 0 Å². The van der Waals surface area contributed by atoms with Gasteiger partial charge >= 0.3 is 0 Å². The molecule has 0 saturated heterocycles. The summed E-state index contributed by atoms with van der Waals surface area (Å²) in [6.07, 6.45) is 3.26. The minimum Gasteiger partial charge on any atom is -0.332 e. The monoisotopic (exact) mass is 467 g/mol. The quantitative estimate of drug-likeness (QED) is 0.477. The lowest BCUT2D eigenvalue weighted by atomic mass is 9.99. The number of nitrogens with one attached hydrogen (secondary N) is 1. The molecule has 162 valence electrons. The number of aromatic nitrogens is 1. The van der Waals surface area contributed by atoms with Crippen LogP contribution in [0.25, 0.3) is 11.3 Å². The fourth-order valence-electron chi connectivity index (χ4n) is 2.83. The van der Waals surface area contributed by atoms with Crippen molar-refractivity contribution >= 4 is 42.9 Å². The molecule has 0 saturated carbocycles. The van der Waals surface area contributed by atoms with E-state index in [1.165, 1.54) is 28.7 Å². The number of aryl methyl sites for hydroxylation is 2. The van der Waals surface area contributed by atoms with Crippen molar-refractivity contribution < 1.29 is 16.8 Å². The van der Waals surface area contributed by atoms with Gasteiger partial charge in [-0.15, -0.1) is 11.3 Å². The van der Waals surface area contributed by atoms with Gasteiger partial charge in [-0.2, -0.15) is 0 Å². The Hall–Kier alpha value is -2.27. The third-order valence-corrected chi connectivity index (χ3v) is 6.19. The number of thiol groups is 1. The van der Waals surface area contributed by atoms with Crippen molar-refractivity contribution in [2.45, 2.75) is 31.6 Å². The lowest BCUT2D eigenvalue weighted by Crippen LogP contribution is -1.97. The van der Waals surface area contributed by atoms with Gasteiger partial charge in [0, 0.05) is 22.9 Å². The van der Waals surface area contributed by atoms with Crippen LogP contribution < -0.4 is 10.5 Å². The number of nitrogens with two attached hydrogens (primary N) is 1. The van der Waals surface area contributed by atoms with Gasteiger partial charge in [-0.3, -0.25) is 0 Å². The number of benzene rings is 2. The average Bonchev–Trinajstić information content (AvgIpc) is 3.15. The van der Waals surface area contributed by atoms with Gasteiger partial charge in [-0.05, 0) is 54.3 Å². The zero-order valence-corrected chi connectivity index (χ0v) is 19.5. The summed E-state index contributed by atoms with van der Waals surface area (Å²) in [7, 11) is -5.80. The number of rotatable bonds is 6. The molecule has 1 aromatic heterocycles. The first kappa shape index (κ1) is 24.0. The molecule has 0 fully saturated rings. The molecule has 0 radical (unpaired) electrons. The molecular formula is C20H25N3O4S3. The van der Waals surface area contributed by atoms with Crippen LogP contribution in [0.15, 0.2) is 52.7 Å². The standard InChI is InChI=1S/C20H22N2O2S2.H3NO2S/c1-4-14-6-7-16(12-15(14)5-2)19-13-25-20(22-19)21-17-8-10-18(11-9-17)26(3,23)24;1-4(2)3/h6-13H,4-5H2,1-3H3,(H,21,22);4H,(H2,1,2,3). The Morgan fingerprint density at radius 3 is 2.17 bits per heavy atom. The first-order valence-corrected chi connectivity index (χ1v) is 13.2. The highest BCUT2D eigenvalue weighted by atomic mass is 32.2. The van der Waals surface area contributed by atoms with Gasteiger partial charge < -0.3 is 5.32 Å². The second-order valence-electron chi connectivity index (χ2n) is 6.44. The van der Waals surface area contributed by atoms with E-state index < -0.39 is 20.7 Å². The predicted octanol–water partition coefficient (Wildman–Crippen LogP) is 3.55. The molecule has 30 heavy (non-hydrogen) atoms. The highest BCUT2D eigenvalue weighted by molar-refractivity contribution is 7.90. The van der Waals surface area contributed by atoms with Crippen LogP contribution in [0.3, 0.4) is 0 Å². The van der Waals surface area contributed by atoms with Crippen LogP contribution in [0.5, 0.6) is 0 Å². The molecule has 1 heterocycles. The van der Waals surface area contributed by atoms with Crippen LogP contribution in [0, 0.1) is 0 Å². The molecule has 3 rings (SSSR count). The smallest absolute Gasteiger partial charge is 0.198 e. The lowest BCUT2D eigenvalue weighted by molar-refractivity contribution is 0.601. The topological polar surface area (TPSA) is 119 Å². The van der Waals surface area contributed by atoms with E-state index in [-0.39, 0.29) is 0 Å². The molecule has 0 aliphatic carbocycles. The van der Waals surface area contributed by atoms with E-state index >= 15 is 0 Å². The normalized spacial score (nSPS) is 11.1. The van der Waals surface area contributed by atoms with Crippen molar-refractivity contribution in [3.05, 3.63) is 59.0 Å². The third-order valence-electron chi connectivity index (χ3n) is 4.30. The molecule has 0 bridgehead atoms. The number of sulfone groups is 1. The minimum atomic E-state index is -3.18. The van der Waals surface area contributed by atoms with E-state index in [1.54, 1.807) is 24.3 Å². The van der Waals surface area contributed by atoms with Crippen LogP contribution in [0.1, 0.15) is 25.0 Å². The summed E-state index contributed by atoms with van der Waals surface area (Å²) in [5.74, 6) is 0. The molecule has 0 unspecified atom stereocenters. The van der Waals surface area contributed by atoms with Crippen LogP contribution in [0.2, 0.25) is 0 Å². The van der Waals surface area contributed by atoms with Crippen LogP contribution >= 0.6 is 11.3 Å². The van der Waals surface area contributed by atoms with E-state index in [2.05, 4.69) is 47.5 Å². The number of thiazole rings is 1. The number of hydrogen-bond acceptors (Lipinski definition) is 7. The number of anilines is 2. The molecule has 3 aromatic rings. The molecule has 2 aromatic carbocycles. The summed E-state index contributed by atoms with van der Waals surface area (Å²) in [5.41, 5.74) is 5.63. The van der Waals surface area contributed by atoms with Gasteiger partial charge in [-0.1, -0.05) is 26.0 Å². The average molecular weight is 468 g/mol. The molecule has 0 atom stereocenters. The van der Waals surface area contributed by atoms with E-state index in [0.29, 0.717) is 4.90 Å². The summed E-state index contributed by atoms with van der Waals surface area (Å²) in [6.45, 7) is 4.35. The Bertz CT molecular complexity index is 1160. The highest BCUT2D eigenvalue weighted by Gasteiger charge is 2.09. The van der Waals surface area contributed by atoms with Crippen molar-refractivity contribution in [3.8, 4) is 11.3 Å². The summed E-state index contributed by atoms with van der Waals surface area (Å²) in [4.78, 5) is 4.98. The first-order valence-electron chi connectivity index (χ1n) is 9.18. The summed E-state index contributed by atoms with van der Waals surface area (Å²) in [6, 6.07) is 13.2. The summed E-state index contributed by atoms with van der Waals surface area (Å²) < 4.78 is 40.7. The fraction of sp³-hybridized carbons (Fsp3) is 0.250. The zero-order chi connectivity index (χ0) is 22.3. The van der Waals surface area contributed by atoms with E-state index in [0.717, 1.165) is 34.9 Å². The Morgan fingerprint density at radius 2 is 1.63 bits per heavy atom. The van der Waals surface area contributed by atoms with E-state index in [1.807, 2.05) is 5.38 Å². The third kappa shape index (κ3) is 6.91. The first-order chi connectivity index (χ1) is 14.1. The summed E-state index contributed by atoms with van der Waals surface area (Å²) in [5, 5.41) is 10.1. The molecule has 7 nitrogen and oxygen atoms in total. The maximum absolute atomic E-state index is 11.5. The second-order valence-corrected chi connectivity index (χ2v) is 9.88. The number of hydrogen-bond donors (Lipinski definition) is 3. The zero-order valence-electron chi connectivity index (χ0n) is 17.0. The minimum absolute atomic E-state index is 0.311. The fourth-order valence-corrected chi connectivity index (χ4v) is 4.20. The van der Waals surface area contributed by atoms with Gasteiger partial charge in [0.1, 0.15) is 0 Å². The summed E-state index contributed by atoms with van der Waals surface area (Å²) >= 11 is 1.53. The van der Waals surface area contributed by atoms with Crippen molar-refractivity contribution in [1.82, 2.24) is 4.98 Å². The van der Waals surface area contributed by atoms with Gasteiger partial charge in [0.05, 0.1) is 10.6 Å². The highest BCUT2D eigenvalue weighted by Crippen LogP contribution is 2.29. The Morgan fingerprint density at radius 1 is 1.03 bits per heavy atom. The number of nitrogens with zero attached hydrogens (tertiary/aromatic N) is 1. The van der Waals surface area contributed by atoms with Gasteiger partial charge in [0.15, 0.2) is 25.9 Å². The molecule has 0 amide bonds. The van der Waals surface area contributed by atoms with E-state index in [4.69, 9.17) is 8.42 Å².